The molecule has 0 spiro atoms. The molecule has 0 saturated heterocycles. The third kappa shape index (κ3) is 55.3. The molecular formula is C61H125N2O6P. The molecule has 0 radical (unpaired) electrons. The molecule has 0 aromatic carbocycles. The van der Waals surface area contributed by atoms with Crippen LogP contribution in [0.2, 0.25) is 0 Å². The third-order valence-corrected chi connectivity index (χ3v) is 15.8. The Morgan fingerprint density at radius 1 is 0.443 bits per heavy atom. The van der Waals surface area contributed by atoms with Crippen molar-refractivity contribution in [3.63, 3.8) is 0 Å². The van der Waals surface area contributed by atoms with Gasteiger partial charge in [-0.15, -0.1) is 0 Å². The van der Waals surface area contributed by atoms with E-state index in [1.165, 1.54) is 270 Å². The zero-order valence-corrected chi connectivity index (χ0v) is 48.9. The van der Waals surface area contributed by atoms with Gasteiger partial charge in [0, 0.05) is 6.42 Å². The summed E-state index contributed by atoms with van der Waals surface area (Å²) < 4.78 is 23.4. The van der Waals surface area contributed by atoms with Crippen LogP contribution >= 0.6 is 7.82 Å². The third-order valence-electron chi connectivity index (χ3n) is 14.8. The second-order valence-corrected chi connectivity index (χ2v) is 24.5. The molecule has 2 N–H and O–H groups in total. The number of hydrogen-bond acceptors (Lipinski definition) is 6. The highest BCUT2D eigenvalue weighted by molar-refractivity contribution is 7.45. The molecule has 9 heteroatoms. The maximum atomic E-state index is 13.0. The zero-order chi connectivity index (χ0) is 51.3. The first-order valence-electron chi connectivity index (χ1n) is 31.4. The highest BCUT2D eigenvalue weighted by Crippen LogP contribution is 2.38. The van der Waals surface area contributed by atoms with Crippen LogP contribution in [0.5, 0.6) is 0 Å². The standard InChI is InChI=1S/C61H125N2O6P/c1-6-8-10-12-14-16-18-20-22-23-24-25-26-27-28-29-30-31-32-33-34-35-36-37-38-39-40-41-43-45-47-49-51-53-55-61(65)62-59(58-69-70(66,67)68-57-56-63(3,4)5)60(64)54-52-50-48-46-44-42-21-19-17-15-13-11-9-7-2/h59-60,64H,6-58H2,1-5H3,(H-,62,65,66,67). The second kappa shape index (κ2) is 53.3. The molecule has 0 fully saturated rings. The van der Waals surface area contributed by atoms with Gasteiger partial charge in [0.15, 0.2) is 0 Å². The number of unbranched alkanes of at least 4 members (excludes halogenated alkanes) is 46. The summed E-state index contributed by atoms with van der Waals surface area (Å²) >= 11 is 0. The molecule has 0 aliphatic carbocycles. The zero-order valence-electron chi connectivity index (χ0n) is 48.0. The topological polar surface area (TPSA) is 108 Å². The van der Waals surface area contributed by atoms with Crippen LogP contribution in [0.25, 0.3) is 0 Å². The van der Waals surface area contributed by atoms with Gasteiger partial charge in [-0.05, 0) is 12.8 Å². The SMILES string of the molecule is CCCCCCCCCCCCCCCCCCCCCCCCCCCCCCCCCCCCC(=O)NC(COP(=O)([O-])OCC[N+](C)(C)C)C(O)CCCCCCCCCCCCCCCC. The molecule has 0 aliphatic heterocycles. The lowest BCUT2D eigenvalue weighted by atomic mass is 10.0. The molecule has 8 nitrogen and oxygen atoms in total. The van der Waals surface area contributed by atoms with Gasteiger partial charge >= 0.3 is 0 Å². The number of carbonyl (C=O) groups is 1. The average Bonchev–Trinajstić information content (AvgIpc) is 3.32. The molecule has 0 aromatic rings. The average molecular weight is 1010 g/mol. The van der Waals surface area contributed by atoms with Gasteiger partial charge in [-0.1, -0.05) is 316 Å². The van der Waals surface area contributed by atoms with E-state index < -0.39 is 20.0 Å². The minimum atomic E-state index is -4.57. The van der Waals surface area contributed by atoms with Gasteiger partial charge in [-0.3, -0.25) is 9.36 Å². The van der Waals surface area contributed by atoms with E-state index in [1.54, 1.807) is 0 Å². The number of phosphoric ester groups is 1. The number of aliphatic hydroxyl groups is 1. The van der Waals surface area contributed by atoms with E-state index >= 15 is 0 Å². The fourth-order valence-electron chi connectivity index (χ4n) is 9.93. The summed E-state index contributed by atoms with van der Waals surface area (Å²) in [6.07, 6.45) is 64.6. The van der Waals surface area contributed by atoms with Crippen LogP contribution in [0.15, 0.2) is 0 Å². The fourth-order valence-corrected chi connectivity index (χ4v) is 10.7. The van der Waals surface area contributed by atoms with E-state index in [2.05, 4.69) is 19.2 Å². The molecule has 0 bridgehead atoms. The first-order valence-corrected chi connectivity index (χ1v) is 32.8. The molecular weight excluding hydrogens is 888 g/mol. The molecule has 70 heavy (non-hydrogen) atoms. The number of hydrogen-bond donors (Lipinski definition) is 2. The van der Waals surface area contributed by atoms with Gasteiger partial charge in [-0.25, -0.2) is 0 Å². The Morgan fingerprint density at radius 3 is 0.971 bits per heavy atom. The van der Waals surface area contributed by atoms with Gasteiger partial charge in [0.1, 0.15) is 13.2 Å². The van der Waals surface area contributed by atoms with E-state index in [-0.39, 0.29) is 19.1 Å². The van der Waals surface area contributed by atoms with Crippen molar-refractivity contribution in [1.82, 2.24) is 5.32 Å². The predicted molar refractivity (Wildman–Crippen MR) is 303 cm³/mol. The van der Waals surface area contributed by atoms with E-state index in [9.17, 15) is 19.4 Å². The summed E-state index contributed by atoms with van der Waals surface area (Å²) in [7, 11) is 1.33. The summed E-state index contributed by atoms with van der Waals surface area (Å²) in [6, 6.07) is -0.795. The van der Waals surface area contributed by atoms with Crippen molar-refractivity contribution in [2.24, 2.45) is 0 Å². The van der Waals surface area contributed by atoms with E-state index in [4.69, 9.17) is 9.05 Å². The summed E-state index contributed by atoms with van der Waals surface area (Å²) in [6.45, 7) is 4.77. The molecule has 420 valence electrons. The lowest BCUT2D eigenvalue weighted by Crippen LogP contribution is -2.46. The van der Waals surface area contributed by atoms with Gasteiger partial charge < -0.3 is 28.8 Å². The minimum Gasteiger partial charge on any atom is -0.756 e. The Labute approximate surface area is 438 Å². The number of likely N-dealkylation sites (N-methyl/N-ethyl adjacent to an activating group) is 1. The molecule has 0 rings (SSSR count). The van der Waals surface area contributed by atoms with Gasteiger partial charge in [-0.2, -0.15) is 0 Å². The molecule has 0 saturated carbocycles. The Bertz CT molecular complexity index is 1100. The van der Waals surface area contributed by atoms with Crippen LogP contribution < -0.4 is 10.2 Å². The van der Waals surface area contributed by atoms with Crippen LogP contribution in [0.1, 0.15) is 335 Å². The van der Waals surface area contributed by atoms with E-state index in [0.717, 1.165) is 38.5 Å². The van der Waals surface area contributed by atoms with Crippen molar-refractivity contribution >= 4 is 13.7 Å². The van der Waals surface area contributed by atoms with Crippen molar-refractivity contribution in [3.8, 4) is 0 Å². The second-order valence-electron chi connectivity index (χ2n) is 23.1. The quantitative estimate of drug-likeness (QED) is 0.0357. The van der Waals surface area contributed by atoms with Crippen LogP contribution in [-0.4, -0.2) is 68.5 Å². The Hall–Kier alpha value is -0.500. The summed E-state index contributed by atoms with van der Waals surface area (Å²) in [5, 5.41) is 14.0. The molecule has 0 heterocycles. The maximum Gasteiger partial charge on any atom is 0.268 e. The maximum absolute atomic E-state index is 13.0. The van der Waals surface area contributed by atoms with Crippen molar-refractivity contribution < 1.29 is 32.9 Å². The van der Waals surface area contributed by atoms with E-state index in [0.29, 0.717) is 23.9 Å². The molecule has 0 aromatic heterocycles. The summed E-state index contributed by atoms with van der Waals surface area (Å²) in [5.41, 5.74) is 0. The monoisotopic (exact) mass is 1010 g/mol. The Morgan fingerprint density at radius 2 is 0.700 bits per heavy atom. The van der Waals surface area contributed by atoms with Crippen LogP contribution in [0, 0.1) is 0 Å². The highest BCUT2D eigenvalue weighted by atomic mass is 31.2. The number of nitrogens with one attached hydrogen (secondary N) is 1. The van der Waals surface area contributed by atoms with Crippen LogP contribution in [-0.2, 0) is 18.4 Å². The van der Waals surface area contributed by atoms with Crippen molar-refractivity contribution in [3.05, 3.63) is 0 Å². The van der Waals surface area contributed by atoms with Crippen molar-refractivity contribution in [2.45, 2.75) is 347 Å². The number of nitrogens with zero attached hydrogens (tertiary/aromatic N) is 1. The Balaban J connectivity index is 3.89. The summed E-state index contributed by atoms with van der Waals surface area (Å²) in [4.78, 5) is 25.5. The first kappa shape index (κ1) is 69.5. The lowest BCUT2D eigenvalue weighted by molar-refractivity contribution is -0.870. The lowest BCUT2D eigenvalue weighted by Gasteiger charge is -2.30. The number of carbonyl (C=O) groups excluding carboxylic acids is 1. The first-order chi connectivity index (χ1) is 34.0. The van der Waals surface area contributed by atoms with Gasteiger partial charge in [0.05, 0.1) is 39.9 Å². The molecule has 0 aliphatic rings. The predicted octanol–water partition coefficient (Wildman–Crippen LogP) is 18.6. The Kier molecular flexibility index (Phi) is 52.9. The normalized spacial score (nSPS) is 13.8. The molecule has 3 unspecified atom stereocenters. The number of phosphoric acid groups is 1. The van der Waals surface area contributed by atoms with Crippen molar-refractivity contribution in [1.29, 1.82) is 0 Å². The largest absolute Gasteiger partial charge is 0.756 e. The minimum absolute atomic E-state index is 0.0165. The molecule has 3 atom stereocenters. The van der Waals surface area contributed by atoms with Gasteiger partial charge in [0.25, 0.3) is 7.82 Å². The smallest absolute Gasteiger partial charge is 0.268 e. The fraction of sp³-hybridized carbons (Fsp3) is 0.984. The van der Waals surface area contributed by atoms with Crippen LogP contribution in [0.4, 0.5) is 0 Å². The van der Waals surface area contributed by atoms with Crippen LogP contribution in [0.3, 0.4) is 0 Å². The van der Waals surface area contributed by atoms with Gasteiger partial charge in [0.2, 0.25) is 5.91 Å². The number of rotatable bonds is 59. The van der Waals surface area contributed by atoms with Crippen molar-refractivity contribution in [2.75, 3.05) is 40.9 Å². The number of amides is 1. The highest BCUT2D eigenvalue weighted by Gasteiger charge is 2.24. The molecule has 1 amide bonds. The van der Waals surface area contributed by atoms with E-state index in [1.807, 2.05) is 21.1 Å². The number of aliphatic hydroxyl groups excluding tert-OH is 1. The number of quaternary nitrogens is 1. The summed E-state index contributed by atoms with van der Waals surface area (Å²) in [5.74, 6) is -0.156.